The number of hydrogen-bond donors (Lipinski definition) is 2. The SMILES string of the molecule is CC(C)NC(=O)[C@@H](C)OC(=O)[C@@H](C)NC(=O)c1cccc([N+](=O)[O-])c1. The van der Waals surface area contributed by atoms with Crippen LogP contribution in [-0.2, 0) is 14.3 Å². The van der Waals surface area contributed by atoms with Gasteiger partial charge in [-0.15, -0.1) is 0 Å². The van der Waals surface area contributed by atoms with E-state index in [-0.39, 0.29) is 17.3 Å². The molecule has 1 rings (SSSR count). The molecule has 0 aliphatic carbocycles. The van der Waals surface area contributed by atoms with E-state index in [4.69, 9.17) is 4.74 Å². The zero-order valence-corrected chi connectivity index (χ0v) is 14.4. The Labute approximate surface area is 144 Å². The van der Waals surface area contributed by atoms with Crippen LogP contribution < -0.4 is 10.6 Å². The molecule has 1 aromatic rings. The van der Waals surface area contributed by atoms with Crippen molar-refractivity contribution in [1.82, 2.24) is 10.6 Å². The summed E-state index contributed by atoms with van der Waals surface area (Å²) in [5.41, 5.74) is -0.193. The lowest BCUT2D eigenvalue weighted by Crippen LogP contribution is -2.44. The van der Waals surface area contributed by atoms with Gasteiger partial charge in [-0.25, -0.2) is 4.79 Å². The second kappa shape index (κ2) is 8.76. The molecule has 0 spiro atoms. The normalized spacial score (nSPS) is 12.8. The predicted octanol–water partition coefficient (Wildman–Crippen LogP) is 1.17. The first-order valence-electron chi connectivity index (χ1n) is 7.68. The first-order valence-corrected chi connectivity index (χ1v) is 7.68. The summed E-state index contributed by atoms with van der Waals surface area (Å²) in [4.78, 5) is 45.9. The number of nitro benzene ring substituents is 1. The molecule has 2 atom stereocenters. The molecule has 136 valence electrons. The van der Waals surface area contributed by atoms with Crippen molar-refractivity contribution in [1.29, 1.82) is 0 Å². The van der Waals surface area contributed by atoms with E-state index in [1.807, 2.05) is 0 Å². The molecule has 9 heteroatoms. The Balaban J connectivity index is 2.65. The fourth-order valence-electron chi connectivity index (χ4n) is 1.83. The van der Waals surface area contributed by atoms with Gasteiger partial charge in [-0.3, -0.25) is 19.7 Å². The molecule has 0 aromatic heterocycles. The lowest BCUT2D eigenvalue weighted by Gasteiger charge is -2.18. The van der Waals surface area contributed by atoms with Crippen LogP contribution in [0.3, 0.4) is 0 Å². The van der Waals surface area contributed by atoms with Crippen LogP contribution in [0.1, 0.15) is 38.1 Å². The van der Waals surface area contributed by atoms with Crippen LogP contribution in [0.15, 0.2) is 24.3 Å². The Kier molecular flexibility index (Phi) is 7.04. The number of carbonyl (C=O) groups excluding carboxylic acids is 3. The molecule has 2 amide bonds. The summed E-state index contributed by atoms with van der Waals surface area (Å²) in [5.74, 6) is -1.89. The van der Waals surface area contributed by atoms with E-state index in [0.29, 0.717) is 0 Å². The maximum atomic E-state index is 12.1. The summed E-state index contributed by atoms with van der Waals surface area (Å²) in [6.07, 6.45) is -1.01. The van der Waals surface area contributed by atoms with Crippen LogP contribution in [0.4, 0.5) is 5.69 Å². The molecule has 0 radical (unpaired) electrons. The Morgan fingerprint density at radius 1 is 1.12 bits per heavy atom. The first-order chi connectivity index (χ1) is 11.6. The van der Waals surface area contributed by atoms with Gasteiger partial charge in [0.15, 0.2) is 6.10 Å². The molecule has 25 heavy (non-hydrogen) atoms. The number of non-ortho nitro benzene ring substituents is 1. The van der Waals surface area contributed by atoms with Crippen molar-refractivity contribution in [2.45, 2.75) is 45.9 Å². The molecule has 0 saturated carbocycles. The Bertz CT molecular complexity index is 674. The van der Waals surface area contributed by atoms with Crippen molar-refractivity contribution in [3.8, 4) is 0 Å². The zero-order chi connectivity index (χ0) is 19.1. The quantitative estimate of drug-likeness (QED) is 0.431. The Morgan fingerprint density at radius 3 is 2.32 bits per heavy atom. The van der Waals surface area contributed by atoms with Crippen LogP contribution in [0.5, 0.6) is 0 Å². The first kappa shape index (κ1) is 20.1. The average Bonchev–Trinajstić information content (AvgIpc) is 2.53. The van der Waals surface area contributed by atoms with Gasteiger partial charge >= 0.3 is 5.97 Å². The summed E-state index contributed by atoms with van der Waals surface area (Å²) in [7, 11) is 0. The number of esters is 1. The monoisotopic (exact) mass is 351 g/mol. The lowest BCUT2D eigenvalue weighted by molar-refractivity contribution is -0.384. The third-order valence-electron chi connectivity index (χ3n) is 3.11. The number of rotatable bonds is 7. The van der Waals surface area contributed by atoms with Gasteiger partial charge in [0.2, 0.25) is 0 Å². The topological polar surface area (TPSA) is 128 Å². The molecule has 9 nitrogen and oxygen atoms in total. The molecular formula is C16H21N3O6. The third kappa shape index (κ3) is 6.21. The van der Waals surface area contributed by atoms with Crippen molar-refractivity contribution in [3.63, 3.8) is 0 Å². The number of carbonyl (C=O) groups is 3. The highest BCUT2D eigenvalue weighted by Crippen LogP contribution is 2.13. The van der Waals surface area contributed by atoms with Crippen molar-refractivity contribution >= 4 is 23.5 Å². The smallest absolute Gasteiger partial charge is 0.329 e. The molecule has 0 aliphatic rings. The van der Waals surface area contributed by atoms with Gasteiger partial charge in [0, 0.05) is 23.7 Å². The molecule has 0 bridgehead atoms. The molecule has 2 N–H and O–H groups in total. The molecule has 0 saturated heterocycles. The van der Waals surface area contributed by atoms with Crippen LogP contribution in [-0.4, -0.2) is 40.9 Å². The van der Waals surface area contributed by atoms with Gasteiger partial charge in [-0.1, -0.05) is 6.07 Å². The highest BCUT2D eigenvalue weighted by atomic mass is 16.6. The second-order valence-electron chi connectivity index (χ2n) is 5.74. The molecule has 0 fully saturated rings. The van der Waals surface area contributed by atoms with E-state index in [9.17, 15) is 24.5 Å². The molecule has 0 aliphatic heterocycles. The fraction of sp³-hybridized carbons (Fsp3) is 0.438. The lowest BCUT2D eigenvalue weighted by atomic mass is 10.2. The van der Waals surface area contributed by atoms with Crippen molar-refractivity contribution in [3.05, 3.63) is 39.9 Å². The van der Waals surface area contributed by atoms with E-state index in [1.165, 1.54) is 32.0 Å². The van der Waals surface area contributed by atoms with Crippen molar-refractivity contribution in [2.75, 3.05) is 0 Å². The number of nitro groups is 1. The highest BCUT2D eigenvalue weighted by molar-refractivity contribution is 5.97. The maximum Gasteiger partial charge on any atom is 0.329 e. The zero-order valence-electron chi connectivity index (χ0n) is 14.4. The molecule has 1 aromatic carbocycles. The van der Waals surface area contributed by atoms with E-state index in [0.717, 1.165) is 6.07 Å². The molecule has 0 unspecified atom stereocenters. The standard InChI is InChI=1S/C16H21N3O6/c1-9(2)17-14(20)11(4)25-16(22)10(3)18-15(21)12-6-5-7-13(8-12)19(23)24/h5-11H,1-4H3,(H,17,20)(H,18,21)/t10-,11-/m1/s1. The summed E-state index contributed by atoms with van der Waals surface area (Å²) < 4.78 is 5.00. The second-order valence-corrected chi connectivity index (χ2v) is 5.74. The van der Waals surface area contributed by atoms with Crippen molar-refractivity contribution in [2.24, 2.45) is 0 Å². The predicted molar refractivity (Wildman–Crippen MR) is 88.9 cm³/mol. The number of hydrogen-bond acceptors (Lipinski definition) is 6. The summed E-state index contributed by atoms with van der Waals surface area (Å²) in [6, 6.07) is 3.99. The number of nitrogens with zero attached hydrogens (tertiary/aromatic N) is 1. The summed E-state index contributed by atoms with van der Waals surface area (Å²) in [6.45, 7) is 6.36. The minimum Gasteiger partial charge on any atom is -0.451 e. The van der Waals surface area contributed by atoms with E-state index in [1.54, 1.807) is 13.8 Å². The van der Waals surface area contributed by atoms with E-state index < -0.39 is 34.9 Å². The van der Waals surface area contributed by atoms with Crippen LogP contribution >= 0.6 is 0 Å². The fourth-order valence-corrected chi connectivity index (χ4v) is 1.83. The Hall–Kier alpha value is -2.97. The molecule has 0 heterocycles. The van der Waals surface area contributed by atoms with Crippen LogP contribution in [0.2, 0.25) is 0 Å². The number of nitrogens with one attached hydrogen (secondary N) is 2. The number of ether oxygens (including phenoxy) is 1. The minimum atomic E-state index is -1.03. The van der Waals surface area contributed by atoms with Crippen LogP contribution in [0, 0.1) is 10.1 Å². The van der Waals surface area contributed by atoms with Gasteiger partial charge in [0.25, 0.3) is 17.5 Å². The summed E-state index contributed by atoms with van der Waals surface area (Å²) >= 11 is 0. The van der Waals surface area contributed by atoms with Gasteiger partial charge < -0.3 is 15.4 Å². The Morgan fingerprint density at radius 2 is 1.76 bits per heavy atom. The van der Waals surface area contributed by atoms with Gasteiger partial charge in [0.1, 0.15) is 6.04 Å². The van der Waals surface area contributed by atoms with Crippen LogP contribution in [0.25, 0.3) is 0 Å². The highest BCUT2D eigenvalue weighted by Gasteiger charge is 2.24. The number of amides is 2. The summed E-state index contributed by atoms with van der Waals surface area (Å²) in [5, 5.41) is 15.7. The van der Waals surface area contributed by atoms with Gasteiger partial charge in [-0.2, -0.15) is 0 Å². The minimum absolute atomic E-state index is 0.0412. The van der Waals surface area contributed by atoms with Gasteiger partial charge in [-0.05, 0) is 33.8 Å². The molecular weight excluding hydrogens is 330 g/mol. The largest absolute Gasteiger partial charge is 0.451 e. The van der Waals surface area contributed by atoms with E-state index >= 15 is 0 Å². The van der Waals surface area contributed by atoms with Crippen molar-refractivity contribution < 1.29 is 24.0 Å². The third-order valence-corrected chi connectivity index (χ3v) is 3.11. The van der Waals surface area contributed by atoms with Gasteiger partial charge in [0.05, 0.1) is 4.92 Å². The maximum absolute atomic E-state index is 12.1. The van der Waals surface area contributed by atoms with E-state index in [2.05, 4.69) is 10.6 Å². The average molecular weight is 351 g/mol. The number of benzene rings is 1.